The lowest BCUT2D eigenvalue weighted by atomic mass is 10.0. The van der Waals surface area contributed by atoms with Gasteiger partial charge in [0.05, 0.1) is 6.04 Å². The van der Waals surface area contributed by atoms with Crippen molar-refractivity contribution in [1.29, 1.82) is 0 Å². The Morgan fingerprint density at radius 2 is 2.19 bits per heavy atom. The highest BCUT2D eigenvalue weighted by Gasteiger charge is 2.28. The van der Waals surface area contributed by atoms with Crippen molar-refractivity contribution < 1.29 is 0 Å². The highest BCUT2D eigenvalue weighted by molar-refractivity contribution is 7.80. The van der Waals surface area contributed by atoms with E-state index in [0.29, 0.717) is 6.04 Å². The zero-order valence-electron chi connectivity index (χ0n) is 13.6. The van der Waals surface area contributed by atoms with Gasteiger partial charge in [0.25, 0.3) is 0 Å². The Balaban J connectivity index is 2.12. The molecule has 2 heterocycles. The van der Waals surface area contributed by atoms with E-state index in [4.69, 9.17) is 12.2 Å². The Morgan fingerprint density at radius 1 is 1.38 bits per heavy atom. The lowest BCUT2D eigenvalue weighted by Gasteiger charge is -2.33. The SMILES string of the molecule is CCCCNC(=S)N1CC[C@H](C)CC[C@@H]1c1cccn1C. The Bertz CT molecular complexity index is 455. The molecule has 1 aromatic heterocycles. The monoisotopic (exact) mass is 307 g/mol. The molecule has 1 saturated heterocycles. The van der Waals surface area contributed by atoms with Crippen LogP contribution in [0, 0.1) is 5.92 Å². The number of nitrogens with zero attached hydrogens (tertiary/aromatic N) is 2. The maximum Gasteiger partial charge on any atom is 0.169 e. The molecule has 0 radical (unpaired) electrons. The molecule has 0 aliphatic carbocycles. The van der Waals surface area contributed by atoms with Gasteiger partial charge in [-0.25, -0.2) is 0 Å². The van der Waals surface area contributed by atoms with Crippen molar-refractivity contribution in [1.82, 2.24) is 14.8 Å². The molecule has 0 aromatic carbocycles. The summed E-state index contributed by atoms with van der Waals surface area (Å²) in [7, 11) is 2.13. The van der Waals surface area contributed by atoms with Crippen LogP contribution in [0.25, 0.3) is 0 Å². The van der Waals surface area contributed by atoms with E-state index in [1.54, 1.807) is 0 Å². The molecule has 0 spiro atoms. The van der Waals surface area contributed by atoms with Gasteiger partial charge in [-0.05, 0) is 56.0 Å². The summed E-state index contributed by atoms with van der Waals surface area (Å²) in [5.74, 6) is 0.788. The van der Waals surface area contributed by atoms with E-state index in [9.17, 15) is 0 Å². The van der Waals surface area contributed by atoms with E-state index in [0.717, 1.165) is 24.1 Å². The van der Waals surface area contributed by atoms with Crippen molar-refractivity contribution in [3.8, 4) is 0 Å². The molecule has 2 atom stereocenters. The molecule has 0 bridgehead atoms. The van der Waals surface area contributed by atoms with Crippen LogP contribution in [0.1, 0.15) is 57.7 Å². The van der Waals surface area contributed by atoms with Gasteiger partial charge in [0.2, 0.25) is 0 Å². The second kappa shape index (κ2) is 7.83. The van der Waals surface area contributed by atoms with Crippen LogP contribution in [0.4, 0.5) is 0 Å². The quantitative estimate of drug-likeness (QED) is 0.674. The normalized spacial score (nSPS) is 22.9. The van der Waals surface area contributed by atoms with Gasteiger partial charge >= 0.3 is 0 Å². The fraction of sp³-hybridized carbons (Fsp3) is 0.706. The Hall–Kier alpha value is -1.03. The molecule has 3 nitrogen and oxygen atoms in total. The standard InChI is InChI=1S/C17H29N3S/c1-4-5-11-18-17(21)20-13-10-14(2)8-9-16(20)15-7-6-12-19(15)3/h6-7,12,14,16H,4-5,8-11,13H2,1-3H3,(H,18,21)/t14-,16-/m1/s1. The first kappa shape index (κ1) is 16.3. The first-order valence-corrected chi connectivity index (χ1v) is 8.70. The molecule has 1 aliphatic rings. The second-order valence-electron chi connectivity index (χ2n) is 6.31. The summed E-state index contributed by atoms with van der Waals surface area (Å²) in [5, 5.41) is 4.39. The van der Waals surface area contributed by atoms with Crippen molar-refractivity contribution in [2.75, 3.05) is 13.1 Å². The molecular weight excluding hydrogens is 278 g/mol. The van der Waals surface area contributed by atoms with Gasteiger partial charge in [0, 0.05) is 32.0 Å². The minimum atomic E-state index is 0.413. The highest BCUT2D eigenvalue weighted by Crippen LogP contribution is 2.32. The lowest BCUT2D eigenvalue weighted by molar-refractivity contribution is 0.306. The van der Waals surface area contributed by atoms with E-state index in [2.05, 4.69) is 54.0 Å². The summed E-state index contributed by atoms with van der Waals surface area (Å²) >= 11 is 5.69. The van der Waals surface area contributed by atoms with Crippen LogP contribution in [-0.2, 0) is 7.05 Å². The number of thiocarbonyl (C=S) groups is 1. The zero-order valence-corrected chi connectivity index (χ0v) is 14.5. The molecule has 1 aliphatic heterocycles. The fourth-order valence-electron chi connectivity index (χ4n) is 3.10. The van der Waals surface area contributed by atoms with Crippen molar-refractivity contribution in [3.05, 3.63) is 24.0 Å². The van der Waals surface area contributed by atoms with Crippen LogP contribution in [0.5, 0.6) is 0 Å². The third kappa shape index (κ3) is 4.22. The summed E-state index contributed by atoms with van der Waals surface area (Å²) in [5.41, 5.74) is 1.38. The zero-order chi connectivity index (χ0) is 15.2. The lowest BCUT2D eigenvalue weighted by Crippen LogP contribution is -2.42. The average Bonchev–Trinajstić information content (AvgIpc) is 2.78. The topological polar surface area (TPSA) is 20.2 Å². The number of aromatic nitrogens is 1. The molecule has 1 fully saturated rings. The van der Waals surface area contributed by atoms with Crippen LogP contribution in [0.3, 0.4) is 0 Å². The van der Waals surface area contributed by atoms with E-state index in [1.807, 2.05) is 0 Å². The highest BCUT2D eigenvalue weighted by atomic mass is 32.1. The van der Waals surface area contributed by atoms with Gasteiger partial charge in [-0.1, -0.05) is 20.3 Å². The smallest absolute Gasteiger partial charge is 0.169 e. The number of hydrogen-bond acceptors (Lipinski definition) is 1. The van der Waals surface area contributed by atoms with Gasteiger partial charge in [0.1, 0.15) is 0 Å². The number of aryl methyl sites for hydroxylation is 1. The minimum Gasteiger partial charge on any atom is -0.363 e. The van der Waals surface area contributed by atoms with Crippen molar-refractivity contribution in [2.45, 2.75) is 52.0 Å². The molecule has 1 aromatic rings. The number of likely N-dealkylation sites (tertiary alicyclic amines) is 1. The van der Waals surface area contributed by atoms with Crippen molar-refractivity contribution in [2.24, 2.45) is 13.0 Å². The first-order valence-electron chi connectivity index (χ1n) is 8.29. The molecule has 118 valence electrons. The predicted molar refractivity (Wildman–Crippen MR) is 93.4 cm³/mol. The van der Waals surface area contributed by atoms with Crippen LogP contribution >= 0.6 is 12.2 Å². The second-order valence-corrected chi connectivity index (χ2v) is 6.70. The third-order valence-electron chi connectivity index (χ3n) is 4.56. The summed E-state index contributed by atoms with van der Waals surface area (Å²) < 4.78 is 2.24. The summed E-state index contributed by atoms with van der Waals surface area (Å²) in [4.78, 5) is 2.42. The summed E-state index contributed by atoms with van der Waals surface area (Å²) in [6.45, 7) is 6.63. The molecule has 1 N–H and O–H groups in total. The van der Waals surface area contributed by atoms with Gasteiger partial charge < -0.3 is 14.8 Å². The Morgan fingerprint density at radius 3 is 2.86 bits per heavy atom. The van der Waals surface area contributed by atoms with Gasteiger partial charge in [0.15, 0.2) is 5.11 Å². The minimum absolute atomic E-state index is 0.413. The maximum absolute atomic E-state index is 5.69. The molecule has 21 heavy (non-hydrogen) atoms. The maximum atomic E-state index is 5.69. The molecule has 0 amide bonds. The Labute approximate surface area is 134 Å². The van der Waals surface area contributed by atoms with Crippen molar-refractivity contribution >= 4 is 17.3 Å². The van der Waals surface area contributed by atoms with Crippen molar-refractivity contribution in [3.63, 3.8) is 0 Å². The molecule has 2 rings (SSSR count). The average molecular weight is 308 g/mol. The van der Waals surface area contributed by atoms with Gasteiger partial charge in [-0.2, -0.15) is 0 Å². The van der Waals surface area contributed by atoms with Crippen LogP contribution in [0.15, 0.2) is 18.3 Å². The third-order valence-corrected chi connectivity index (χ3v) is 4.94. The van der Waals surface area contributed by atoms with Gasteiger partial charge in [-0.3, -0.25) is 0 Å². The van der Waals surface area contributed by atoms with Gasteiger partial charge in [-0.15, -0.1) is 0 Å². The van der Waals surface area contributed by atoms with Crippen LogP contribution in [0.2, 0.25) is 0 Å². The number of unbranched alkanes of at least 4 members (excludes halogenated alkanes) is 1. The fourth-order valence-corrected chi connectivity index (χ4v) is 3.42. The van der Waals surface area contributed by atoms with Crippen LogP contribution in [-0.4, -0.2) is 27.7 Å². The molecule has 0 unspecified atom stereocenters. The molecule has 0 saturated carbocycles. The van der Waals surface area contributed by atoms with E-state index in [1.165, 1.54) is 37.8 Å². The van der Waals surface area contributed by atoms with Crippen LogP contribution < -0.4 is 5.32 Å². The van der Waals surface area contributed by atoms with E-state index >= 15 is 0 Å². The first-order chi connectivity index (χ1) is 10.1. The van der Waals surface area contributed by atoms with E-state index < -0.39 is 0 Å². The number of hydrogen-bond donors (Lipinski definition) is 1. The summed E-state index contributed by atoms with van der Waals surface area (Å²) in [6.07, 6.45) is 8.22. The Kier molecular flexibility index (Phi) is 6.09. The predicted octanol–water partition coefficient (Wildman–Crippen LogP) is 3.86. The molecular formula is C17H29N3S. The number of rotatable bonds is 4. The number of nitrogens with one attached hydrogen (secondary N) is 1. The summed E-state index contributed by atoms with van der Waals surface area (Å²) in [6, 6.07) is 4.79. The largest absolute Gasteiger partial charge is 0.363 e. The van der Waals surface area contributed by atoms with E-state index in [-0.39, 0.29) is 0 Å². The molecule has 4 heteroatoms.